The van der Waals surface area contributed by atoms with Gasteiger partial charge in [0.15, 0.2) is 0 Å². The first-order chi connectivity index (χ1) is 15.6. The van der Waals surface area contributed by atoms with Crippen LogP contribution >= 0.6 is 0 Å². The van der Waals surface area contributed by atoms with E-state index in [-0.39, 0.29) is 5.75 Å². The monoisotopic (exact) mass is 429 g/mol. The molecule has 32 heavy (non-hydrogen) atoms. The van der Waals surface area contributed by atoms with Crippen LogP contribution in [0.25, 0.3) is 33.3 Å². The van der Waals surface area contributed by atoms with Crippen LogP contribution < -0.4 is 4.74 Å². The molecule has 1 aliphatic rings. The highest BCUT2D eigenvalue weighted by molar-refractivity contribution is 5.90. The van der Waals surface area contributed by atoms with Crippen molar-refractivity contribution in [2.75, 3.05) is 26.2 Å². The number of aromatic hydroxyl groups is 1. The van der Waals surface area contributed by atoms with Crippen molar-refractivity contribution in [3.63, 3.8) is 0 Å². The molecular weight excluding hydrogens is 402 g/mol. The van der Waals surface area contributed by atoms with E-state index in [1.165, 1.54) is 0 Å². The summed E-state index contributed by atoms with van der Waals surface area (Å²) in [7, 11) is 1.90. The molecule has 0 radical (unpaired) electrons. The summed E-state index contributed by atoms with van der Waals surface area (Å²) in [4.78, 5) is 2.38. The molecule has 3 heterocycles. The van der Waals surface area contributed by atoms with Crippen molar-refractivity contribution in [1.29, 1.82) is 0 Å². The van der Waals surface area contributed by atoms with Gasteiger partial charge >= 0.3 is 0 Å². The fourth-order valence-corrected chi connectivity index (χ4v) is 4.30. The number of likely N-dealkylation sites (tertiary alicyclic amines) is 1. The molecule has 0 aliphatic carbocycles. The summed E-state index contributed by atoms with van der Waals surface area (Å²) in [6.07, 6.45) is 1.97. The molecule has 0 spiro atoms. The molecule has 2 aromatic heterocycles. The van der Waals surface area contributed by atoms with Crippen LogP contribution in [-0.4, -0.2) is 56.2 Å². The standard InChI is InChI=1S/C25H27N5O2/c1-4-30-14-19(15-30)21-8-9-22(27-26-21)20-7-6-16(11-23(20)31)17-10-18-13-29(3)28-25(18)24(12-17)32-5-2/h6-13,19,31H,4-5,14-15H2,1-3H3. The molecule has 164 valence electrons. The predicted molar refractivity (Wildman–Crippen MR) is 125 cm³/mol. The Morgan fingerprint density at radius 3 is 2.56 bits per heavy atom. The van der Waals surface area contributed by atoms with Crippen molar-refractivity contribution in [3.05, 3.63) is 54.4 Å². The van der Waals surface area contributed by atoms with Crippen LogP contribution in [0.2, 0.25) is 0 Å². The zero-order valence-electron chi connectivity index (χ0n) is 18.6. The Balaban J connectivity index is 1.43. The number of hydrogen-bond acceptors (Lipinski definition) is 6. The van der Waals surface area contributed by atoms with E-state index in [0.29, 0.717) is 23.8 Å². The van der Waals surface area contributed by atoms with Crippen LogP contribution in [0.3, 0.4) is 0 Å². The Kier molecular flexibility index (Phi) is 5.27. The van der Waals surface area contributed by atoms with Gasteiger partial charge in [0.05, 0.1) is 18.0 Å². The van der Waals surface area contributed by atoms with E-state index >= 15 is 0 Å². The molecule has 2 aromatic carbocycles. The number of rotatable bonds is 6. The van der Waals surface area contributed by atoms with E-state index in [2.05, 4.69) is 33.2 Å². The summed E-state index contributed by atoms with van der Waals surface area (Å²) in [5.41, 5.74) is 5.05. The van der Waals surface area contributed by atoms with Gasteiger partial charge in [-0.25, -0.2) is 0 Å². The van der Waals surface area contributed by atoms with Crippen LogP contribution in [0.4, 0.5) is 0 Å². The van der Waals surface area contributed by atoms with Crippen LogP contribution in [0.5, 0.6) is 11.5 Å². The lowest BCUT2D eigenvalue weighted by Gasteiger charge is -2.37. The Labute approximate surface area is 187 Å². The number of likely N-dealkylation sites (N-methyl/N-ethyl adjacent to an activating group) is 1. The van der Waals surface area contributed by atoms with Crippen LogP contribution in [0.15, 0.2) is 48.7 Å². The lowest BCUT2D eigenvalue weighted by Crippen LogP contribution is -2.44. The second-order valence-corrected chi connectivity index (χ2v) is 8.27. The summed E-state index contributed by atoms with van der Waals surface area (Å²) in [6, 6.07) is 13.7. The average molecular weight is 430 g/mol. The number of benzene rings is 2. The highest BCUT2D eigenvalue weighted by Gasteiger charge is 2.28. The predicted octanol–water partition coefficient (Wildman–Crippen LogP) is 4.22. The second kappa shape index (κ2) is 8.24. The van der Waals surface area contributed by atoms with Gasteiger partial charge in [0.2, 0.25) is 0 Å². The Hall–Kier alpha value is -3.45. The third-order valence-corrected chi connectivity index (χ3v) is 6.10. The summed E-state index contributed by atoms with van der Waals surface area (Å²) in [5.74, 6) is 1.37. The largest absolute Gasteiger partial charge is 0.507 e. The lowest BCUT2D eigenvalue weighted by molar-refractivity contribution is 0.154. The Bertz CT molecular complexity index is 1260. The van der Waals surface area contributed by atoms with Crippen molar-refractivity contribution in [2.24, 2.45) is 7.05 Å². The zero-order valence-corrected chi connectivity index (χ0v) is 18.6. The molecule has 0 saturated carbocycles. The van der Waals surface area contributed by atoms with Crippen molar-refractivity contribution < 1.29 is 9.84 Å². The van der Waals surface area contributed by atoms with E-state index in [0.717, 1.165) is 53.1 Å². The first-order valence-corrected chi connectivity index (χ1v) is 11.1. The van der Waals surface area contributed by atoms with E-state index < -0.39 is 0 Å². The number of phenolic OH excluding ortho intramolecular Hbond substituents is 1. The maximum Gasteiger partial charge on any atom is 0.147 e. The molecule has 1 aliphatic heterocycles. The van der Waals surface area contributed by atoms with Crippen molar-refractivity contribution in [1.82, 2.24) is 24.9 Å². The summed E-state index contributed by atoms with van der Waals surface area (Å²) < 4.78 is 7.60. The smallest absolute Gasteiger partial charge is 0.147 e. The van der Waals surface area contributed by atoms with Gasteiger partial charge in [0, 0.05) is 43.2 Å². The van der Waals surface area contributed by atoms with Gasteiger partial charge in [-0.1, -0.05) is 13.0 Å². The van der Waals surface area contributed by atoms with Gasteiger partial charge in [-0.15, -0.1) is 0 Å². The van der Waals surface area contributed by atoms with E-state index in [4.69, 9.17) is 4.74 Å². The highest BCUT2D eigenvalue weighted by Crippen LogP contribution is 2.36. The van der Waals surface area contributed by atoms with E-state index in [1.807, 2.05) is 50.5 Å². The van der Waals surface area contributed by atoms with Crippen LogP contribution in [0, 0.1) is 0 Å². The topological polar surface area (TPSA) is 76.3 Å². The quantitative estimate of drug-likeness (QED) is 0.495. The number of hydrogen-bond donors (Lipinski definition) is 1. The number of nitrogens with zero attached hydrogens (tertiary/aromatic N) is 5. The zero-order chi connectivity index (χ0) is 22.2. The van der Waals surface area contributed by atoms with Gasteiger partial charge < -0.3 is 14.7 Å². The van der Waals surface area contributed by atoms with Crippen LogP contribution in [0.1, 0.15) is 25.5 Å². The Morgan fingerprint density at radius 1 is 1.03 bits per heavy atom. The molecule has 4 aromatic rings. The SMILES string of the molecule is CCOc1cc(-c2ccc(-c3ccc(C4CN(CC)C4)nn3)c(O)c2)cc2cn(C)nc12. The highest BCUT2D eigenvalue weighted by atomic mass is 16.5. The first kappa shape index (κ1) is 20.5. The van der Waals surface area contributed by atoms with Gasteiger partial charge in [0.25, 0.3) is 0 Å². The molecule has 0 amide bonds. The fourth-order valence-electron chi connectivity index (χ4n) is 4.30. The minimum Gasteiger partial charge on any atom is -0.507 e. The molecule has 0 unspecified atom stereocenters. The molecule has 0 atom stereocenters. The molecule has 7 heteroatoms. The number of phenols is 1. The summed E-state index contributed by atoms with van der Waals surface area (Å²) in [5, 5.41) is 25.1. The Morgan fingerprint density at radius 2 is 1.88 bits per heavy atom. The van der Waals surface area contributed by atoms with Gasteiger partial charge in [-0.05, 0) is 61.0 Å². The molecule has 1 N–H and O–H groups in total. The van der Waals surface area contributed by atoms with Gasteiger partial charge in [-0.3, -0.25) is 4.68 Å². The molecule has 1 fully saturated rings. The van der Waals surface area contributed by atoms with Crippen molar-refractivity contribution in [2.45, 2.75) is 19.8 Å². The van der Waals surface area contributed by atoms with Crippen LogP contribution in [-0.2, 0) is 7.05 Å². The number of aromatic nitrogens is 4. The molecule has 7 nitrogen and oxygen atoms in total. The second-order valence-electron chi connectivity index (χ2n) is 8.27. The minimum absolute atomic E-state index is 0.176. The third kappa shape index (κ3) is 3.69. The van der Waals surface area contributed by atoms with Crippen molar-refractivity contribution >= 4 is 10.9 Å². The molecule has 1 saturated heterocycles. The molecule has 0 bridgehead atoms. The lowest BCUT2D eigenvalue weighted by atomic mass is 9.95. The average Bonchev–Trinajstić information content (AvgIpc) is 3.14. The first-order valence-electron chi connectivity index (χ1n) is 11.1. The number of fused-ring (bicyclic) bond motifs is 1. The van der Waals surface area contributed by atoms with Gasteiger partial charge in [0.1, 0.15) is 17.0 Å². The number of ether oxygens (including phenoxy) is 1. The minimum atomic E-state index is 0.176. The van der Waals surface area contributed by atoms with E-state index in [9.17, 15) is 5.11 Å². The maximum atomic E-state index is 10.8. The number of aryl methyl sites for hydroxylation is 1. The molecular formula is C25H27N5O2. The van der Waals surface area contributed by atoms with E-state index in [1.54, 1.807) is 10.7 Å². The van der Waals surface area contributed by atoms with Gasteiger partial charge in [-0.2, -0.15) is 15.3 Å². The maximum absolute atomic E-state index is 10.8. The summed E-state index contributed by atoms with van der Waals surface area (Å²) >= 11 is 0. The third-order valence-electron chi connectivity index (χ3n) is 6.10. The summed E-state index contributed by atoms with van der Waals surface area (Å²) in [6.45, 7) is 7.83. The fraction of sp³-hybridized carbons (Fsp3) is 0.320. The normalized spacial score (nSPS) is 14.6. The molecule has 5 rings (SSSR count). The van der Waals surface area contributed by atoms with Crippen molar-refractivity contribution in [3.8, 4) is 33.9 Å².